The molecule has 1 aliphatic carbocycles. The first-order valence-corrected chi connectivity index (χ1v) is 8.48. The van der Waals surface area contributed by atoms with E-state index in [9.17, 15) is 17.6 Å². The topological polar surface area (TPSA) is 80.5 Å². The zero-order valence-corrected chi connectivity index (χ0v) is 12.7. The fourth-order valence-electron chi connectivity index (χ4n) is 2.38. The van der Waals surface area contributed by atoms with Gasteiger partial charge in [0.25, 0.3) is 5.91 Å². The van der Waals surface area contributed by atoms with E-state index < -0.39 is 15.8 Å². The minimum Gasteiger partial charge on any atom is -0.339 e. The third-order valence-corrected chi connectivity index (χ3v) is 4.71. The summed E-state index contributed by atoms with van der Waals surface area (Å²) in [6.07, 6.45) is 3.36. The Kier molecular flexibility index (Phi) is 4.63. The lowest BCUT2D eigenvalue weighted by atomic mass is 9.85. The lowest BCUT2D eigenvalue weighted by molar-refractivity contribution is 0.0705. The predicted octanol–water partition coefficient (Wildman–Crippen LogP) is 1.74. The summed E-state index contributed by atoms with van der Waals surface area (Å²) >= 11 is 0. The minimum atomic E-state index is -4.04. The molecular weight excluding hydrogens is 295 g/mol. The van der Waals surface area contributed by atoms with E-state index in [2.05, 4.69) is 0 Å². The zero-order valence-electron chi connectivity index (χ0n) is 11.9. The highest BCUT2D eigenvalue weighted by Gasteiger charge is 2.24. The number of benzene rings is 1. The quantitative estimate of drug-likeness (QED) is 0.899. The van der Waals surface area contributed by atoms with Gasteiger partial charge in [-0.05, 0) is 43.9 Å². The Balaban J connectivity index is 2.26. The molecule has 1 amide bonds. The molecule has 1 aromatic carbocycles. The van der Waals surface area contributed by atoms with Gasteiger partial charge in [-0.1, -0.05) is 6.42 Å². The molecule has 116 valence electrons. The number of hydrogen-bond donors (Lipinski definition) is 1. The molecule has 0 aliphatic heterocycles. The predicted molar refractivity (Wildman–Crippen MR) is 76.7 cm³/mol. The average Bonchev–Trinajstić information content (AvgIpc) is 2.35. The number of primary sulfonamides is 1. The second-order valence-corrected chi connectivity index (χ2v) is 6.92. The van der Waals surface area contributed by atoms with Gasteiger partial charge < -0.3 is 4.90 Å². The van der Waals surface area contributed by atoms with Gasteiger partial charge in [-0.3, -0.25) is 4.79 Å². The fraction of sp³-hybridized carbons (Fsp3) is 0.500. The number of nitrogens with zero attached hydrogens (tertiary/aromatic N) is 1. The maximum Gasteiger partial charge on any atom is 0.253 e. The summed E-state index contributed by atoms with van der Waals surface area (Å²) in [5.74, 6) is -0.668. The number of sulfonamides is 1. The number of carbonyl (C=O) groups is 1. The first kappa shape index (κ1) is 15.9. The van der Waals surface area contributed by atoms with Gasteiger partial charge in [-0.15, -0.1) is 0 Å². The summed E-state index contributed by atoms with van der Waals surface area (Å²) in [6, 6.07) is 2.99. The average molecular weight is 314 g/mol. The summed E-state index contributed by atoms with van der Waals surface area (Å²) in [5, 5.41) is 5.00. The Hall–Kier alpha value is -1.47. The first-order chi connectivity index (χ1) is 9.81. The molecule has 2 rings (SSSR count). The second kappa shape index (κ2) is 6.11. The Labute approximate surface area is 124 Å². The van der Waals surface area contributed by atoms with Crippen LogP contribution in [0.5, 0.6) is 0 Å². The molecular formula is C14H19FN2O3S. The van der Waals surface area contributed by atoms with Crippen LogP contribution in [0.15, 0.2) is 23.1 Å². The van der Waals surface area contributed by atoms with Crippen LogP contribution in [0.3, 0.4) is 0 Å². The molecule has 1 aliphatic rings. The van der Waals surface area contributed by atoms with Crippen LogP contribution in [-0.2, 0) is 10.0 Å². The summed E-state index contributed by atoms with van der Waals surface area (Å²) < 4.78 is 36.2. The van der Waals surface area contributed by atoms with Crippen molar-refractivity contribution in [2.45, 2.75) is 31.1 Å². The molecule has 0 spiro atoms. The molecule has 0 bridgehead atoms. The summed E-state index contributed by atoms with van der Waals surface area (Å²) in [4.78, 5) is 13.6. The molecule has 0 aromatic heterocycles. The van der Waals surface area contributed by atoms with Crippen LogP contribution in [0.1, 0.15) is 36.5 Å². The van der Waals surface area contributed by atoms with Crippen LogP contribution in [0.2, 0.25) is 0 Å². The minimum absolute atomic E-state index is 0.0141. The molecule has 2 N–H and O–H groups in total. The van der Waals surface area contributed by atoms with Gasteiger partial charge in [0.2, 0.25) is 10.0 Å². The van der Waals surface area contributed by atoms with E-state index in [0.29, 0.717) is 19.0 Å². The van der Waals surface area contributed by atoms with E-state index in [4.69, 9.17) is 5.14 Å². The highest BCUT2D eigenvalue weighted by atomic mass is 32.2. The van der Waals surface area contributed by atoms with Crippen LogP contribution in [-0.4, -0.2) is 32.3 Å². The molecule has 0 heterocycles. The van der Waals surface area contributed by atoms with Crippen LogP contribution < -0.4 is 5.14 Å². The summed E-state index contributed by atoms with van der Waals surface area (Å²) in [7, 11) is -4.04. The smallest absolute Gasteiger partial charge is 0.253 e. The van der Waals surface area contributed by atoms with Crippen molar-refractivity contribution in [2.75, 3.05) is 13.1 Å². The fourth-order valence-corrected chi connectivity index (χ4v) is 2.94. The lowest BCUT2D eigenvalue weighted by Crippen LogP contribution is -2.37. The van der Waals surface area contributed by atoms with Crippen LogP contribution in [0.4, 0.5) is 4.39 Å². The van der Waals surface area contributed by atoms with E-state index in [1.165, 1.54) is 6.42 Å². The molecule has 1 saturated carbocycles. The first-order valence-electron chi connectivity index (χ1n) is 6.94. The SMILES string of the molecule is CCN(CC1CCC1)C(=O)c1cc(F)cc(S(N)(=O)=O)c1. The molecule has 0 radical (unpaired) electrons. The number of hydrogen-bond acceptors (Lipinski definition) is 3. The summed E-state index contributed by atoms with van der Waals surface area (Å²) in [5.41, 5.74) is 0.0141. The van der Waals surface area contributed by atoms with Gasteiger partial charge in [0, 0.05) is 18.7 Å². The van der Waals surface area contributed by atoms with Crippen LogP contribution in [0.25, 0.3) is 0 Å². The largest absolute Gasteiger partial charge is 0.339 e. The molecule has 0 unspecified atom stereocenters. The van der Waals surface area contributed by atoms with Crippen LogP contribution >= 0.6 is 0 Å². The highest BCUT2D eigenvalue weighted by molar-refractivity contribution is 7.89. The lowest BCUT2D eigenvalue weighted by Gasteiger charge is -2.31. The van der Waals surface area contributed by atoms with E-state index in [-0.39, 0.29) is 16.4 Å². The molecule has 5 nitrogen and oxygen atoms in total. The molecule has 1 aromatic rings. The Bertz CT molecular complexity index is 642. The Morgan fingerprint density at radius 3 is 2.52 bits per heavy atom. The number of nitrogens with two attached hydrogens (primary N) is 1. The molecule has 7 heteroatoms. The van der Waals surface area contributed by atoms with E-state index in [1.807, 2.05) is 6.92 Å². The van der Waals surface area contributed by atoms with E-state index in [1.54, 1.807) is 4.90 Å². The molecule has 0 atom stereocenters. The van der Waals surface area contributed by atoms with Gasteiger partial charge in [0.1, 0.15) is 5.82 Å². The Morgan fingerprint density at radius 1 is 1.38 bits per heavy atom. The number of amides is 1. The maximum absolute atomic E-state index is 13.5. The number of carbonyl (C=O) groups excluding carboxylic acids is 1. The van der Waals surface area contributed by atoms with Crippen LogP contribution in [0, 0.1) is 11.7 Å². The molecule has 21 heavy (non-hydrogen) atoms. The summed E-state index contributed by atoms with van der Waals surface area (Å²) in [6.45, 7) is 2.96. The molecule has 1 fully saturated rings. The van der Waals surface area contributed by atoms with Gasteiger partial charge in [0.05, 0.1) is 4.90 Å². The van der Waals surface area contributed by atoms with Crippen molar-refractivity contribution >= 4 is 15.9 Å². The van der Waals surface area contributed by atoms with Crippen molar-refractivity contribution in [2.24, 2.45) is 11.1 Å². The number of halogens is 1. The third kappa shape index (κ3) is 3.79. The molecule has 0 saturated heterocycles. The van der Waals surface area contributed by atoms with Crippen molar-refractivity contribution in [3.8, 4) is 0 Å². The third-order valence-electron chi connectivity index (χ3n) is 3.82. The van der Waals surface area contributed by atoms with Gasteiger partial charge in [-0.25, -0.2) is 17.9 Å². The standard InChI is InChI=1S/C14H19FN2O3S/c1-2-17(9-10-4-3-5-10)14(18)11-6-12(15)8-13(7-11)21(16,19)20/h6-8,10H,2-5,9H2,1H3,(H2,16,19,20). The monoisotopic (exact) mass is 314 g/mol. The second-order valence-electron chi connectivity index (χ2n) is 5.36. The highest BCUT2D eigenvalue weighted by Crippen LogP contribution is 2.27. The van der Waals surface area contributed by atoms with Crippen molar-refractivity contribution in [1.82, 2.24) is 4.90 Å². The van der Waals surface area contributed by atoms with Gasteiger partial charge in [0.15, 0.2) is 0 Å². The maximum atomic E-state index is 13.5. The van der Waals surface area contributed by atoms with E-state index >= 15 is 0 Å². The Morgan fingerprint density at radius 2 is 2.05 bits per heavy atom. The number of rotatable bonds is 5. The van der Waals surface area contributed by atoms with Gasteiger partial charge in [-0.2, -0.15) is 0 Å². The van der Waals surface area contributed by atoms with Crippen molar-refractivity contribution in [1.29, 1.82) is 0 Å². The normalized spacial score (nSPS) is 15.6. The van der Waals surface area contributed by atoms with Crippen molar-refractivity contribution in [3.63, 3.8) is 0 Å². The zero-order chi connectivity index (χ0) is 15.6. The van der Waals surface area contributed by atoms with Crippen molar-refractivity contribution < 1.29 is 17.6 Å². The van der Waals surface area contributed by atoms with Gasteiger partial charge >= 0.3 is 0 Å². The van der Waals surface area contributed by atoms with E-state index in [0.717, 1.165) is 31.0 Å². The van der Waals surface area contributed by atoms with Crippen molar-refractivity contribution in [3.05, 3.63) is 29.6 Å².